The smallest absolute Gasteiger partial charge is 0.280 e. The lowest BCUT2D eigenvalue weighted by atomic mass is 10.1. The molecule has 0 saturated carbocycles. The maximum Gasteiger partial charge on any atom is 0.280 e. The molecule has 1 atom stereocenters. The second kappa shape index (κ2) is 5.93. The molecule has 4 nitrogen and oxygen atoms in total. The van der Waals surface area contributed by atoms with Gasteiger partial charge in [0, 0.05) is 12.6 Å². The monoisotopic (exact) mass is 264 g/mol. The highest BCUT2D eigenvalue weighted by Crippen LogP contribution is 2.21. The van der Waals surface area contributed by atoms with Crippen LogP contribution in [0.15, 0.2) is 24.3 Å². The number of para-hydroxylation sites is 1. The summed E-state index contributed by atoms with van der Waals surface area (Å²) in [6.45, 7) is 2.07. The Hall–Kier alpha value is -1.46. The van der Waals surface area contributed by atoms with Crippen LogP contribution < -0.4 is 5.32 Å². The number of aliphatic hydroxyl groups excluding tert-OH is 1. The number of amides is 1. The van der Waals surface area contributed by atoms with Gasteiger partial charge in [0.05, 0.1) is 10.2 Å². The zero-order chi connectivity index (χ0) is 13.0. The summed E-state index contributed by atoms with van der Waals surface area (Å²) in [6.07, 6.45) is 1.38. The molecule has 0 aliphatic heterocycles. The molecule has 1 amide bonds. The molecule has 1 aromatic carbocycles. The topological polar surface area (TPSA) is 62.2 Å². The molecule has 2 rings (SSSR count). The standard InChI is InChI=1S/C13H16N2O2S/c1-2-9(7-8-16)14-12(17)13-15-10-5-3-4-6-11(10)18-13/h3-6,9,16H,2,7-8H2,1H3,(H,14,17). The van der Waals surface area contributed by atoms with Gasteiger partial charge in [-0.15, -0.1) is 11.3 Å². The number of carbonyl (C=O) groups excluding carboxylic acids is 1. The van der Waals surface area contributed by atoms with Gasteiger partial charge in [0.15, 0.2) is 5.01 Å². The van der Waals surface area contributed by atoms with Crippen molar-refractivity contribution in [3.8, 4) is 0 Å². The van der Waals surface area contributed by atoms with E-state index in [-0.39, 0.29) is 18.6 Å². The van der Waals surface area contributed by atoms with Gasteiger partial charge in [0.25, 0.3) is 5.91 Å². The van der Waals surface area contributed by atoms with Gasteiger partial charge in [0.2, 0.25) is 0 Å². The average molecular weight is 264 g/mol. The van der Waals surface area contributed by atoms with Crippen LogP contribution in [0.4, 0.5) is 0 Å². The molecule has 96 valence electrons. The highest BCUT2D eigenvalue weighted by atomic mass is 32.1. The van der Waals surface area contributed by atoms with Gasteiger partial charge in [-0.3, -0.25) is 4.79 Å². The number of fused-ring (bicyclic) bond motifs is 1. The fourth-order valence-electron chi connectivity index (χ4n) is 1.75. The summed E-state index contributed by atoms with van der Waals surface area (Å²) in [6, 6.07) is 7.70. The van der Waals surface area contributed by atoms with Crippen LogP contribution in [0.5, 0.6) is 0 Å². The van der Waals surface area contributed by atoms with Crippen LogP contribution >= 0.6 is 11.3 Å². The normalized spacial score (nSPS) is 12.6. The summed E-state index contributed by atoms with van der Waals surface area (Å²) in [4.78, 5) is 16.3. The lowest BCUT2D eigenvalue weighted by Crippen LogP contribution is -2.34. The van der Waals surface area contributed by atoms with Crippen molar-refractivity contribution in [2.45, 2.75) is 25.8 Å². The van der Waals surface area contributed by atoms with Gasteiger partial charge in [-0.1, -0.05) is 19.1 Å². The third-order valence-corrected chi connectivity index (χ3v) is 3.83. The predicted octanol–water partition coefficient (Wildman–Crippen LogP) is 2.19. The number of benzene rings is 1. The molecule has 0 saturated heterocycles. The van der Waals surface area contributed by atoms with E-state index < -0.39 is 0 Å². The van der Waals surface area contributed by atoms with Crippen molar-refractivity contribution >= 4 is 27.5 Å². The summed E-state index contributed by atoms with van der Waals surface area (Å²) in [7, 11) is 0. The van der Waals surface area contributed by atoms with Gasteiger partial charge in [0.1, 0.15) is 0 Å². The van der Waals surface area contributed by atoms with E-state index in [1.165, 1.54) is 11.3 Å². The SMILES string of the molecule is CCC(CCO)NC(=O)c1nc2ccccc2s1. The molecule has 0 aliphatic carbocycles. The number of nitrogens with zero attached hydrogens (tertiary/aromatic N) is 1. The largest absolute Gasteiger partial charge is 0.396 e. The summed E-state index contributed by atoms with van der Waals surface area (Å²) >= 11 is 1.39. The minimum atomic E-state index is -0.156. The highest BCUT2D eigenvalue weighted by Gasteiger charge is 2.15. The Bertz CT molecular complexity index is 506. The number of thiazole rings is 1. The molecular weight excluding hydrogens is 248 g/mol. The Morgan fingerprint density at radius 2 is 2.28 bits per heavy atom. The predicted molar refractivity (Wildman–Crippen MR) is 72.9 cm³/mol. The van der Waals surface area contributed by atoms with Gasteiger partial charge in [-0.2, -0.15) is 0 Å². The molecule has 0 radical (unpaired) electrons. The lowest BCUT2D eigenvalue weighted by molar-refractivity contribution is 0.0929. The summed E-state index contributed by atoms with van der Waals surface area (Å²) < 4.78 is 1.01. The van der Waals surface area contributed by atoms with Crippen molar-refractivity contribution in [2.75, 3.05) is 6.61 Å². The van der Waals surface area contributed by atoms with Crippen LogP contribution in [0.1, 0.15) is 29.6 Å². The maximum atomic E-state index is 12.0. The number of nitrogens with one attached hydrogen (secondary N) is 1. The third-order valence-electron chi connectivity index (χ3n) is 2.79. The van der Waals surface area contributed by atoms with Crippen LogP contribution in [0.25, 0.3) is 10.2 Å². The molecule has 0 fully saturated rings. The van der Waals surface area contributed by atoms with E-state index in [0.717, 1.165) is 16.6 Å². The summed E-state index contributed by atoms with van der Waals surface area (Å²) in [5.74, 6) is -0.156. The second-order valence-electron chi connectivity index (χ2n) is 4.08. The van der Waals surface area contributed by atoms with Crippen LogP contribution in [-0.2, 0) is 0 Å². The lowest BCUT2D eigenvalue weighted by Gasteiger charge is -2.14. The molecule has 0 bridgehead atoms. The highest BCUT2D eigenvalue weighted by molar-refractivity contribution is 7.20. The van der Waals surface area contributed by atoms with E-state index in [2.05, 4.69) is 10.3 Å². The first-order valence-corrected chi connectivity index (χ1v) is 6.83. The zero-order valence-electron chi connectivity index (χ0n) is 10.2. The molecule has 5 heteroatoms. The molecule has 2 N–H and O–H groups in total. The quantitative estimate of drug-likeness (QED) is 0.870. The molecule has 0 spiro atoms. The van der Waals surface area contributed by atoms with Crippen molar-refractivity contribution in [3.63, 3.8) is 0 Å². The molecule has 1 unspecified atom stereocenters. The maximum absolute atomic E-state index is 12.0. The second-order valence-corrected chi connectivity index (χ2v) is 5.11. The van der Waals surface area contributed by atoms with Crippen LogP contribution in [0, 0.1) is 0 Å². The van der Waals surface area contributed by atoms with Crippen LogP contribution in [0.2, 0.25) is 0 Å². The van der Waals surface area contributed by atoms with Gasteiger partial charge < -0.3 is 10.4 Å². The first kappa shape index (κ1) is 13.0. The van der Waals surface area contributed by atoms with Crippen LogP contribution in [-0.4, -0.2) is 28.6 Å². The molecule has 1 aromatic heterocycles. The summed E-state index contributed by atoms with van der Waals surface area (Å²) in [5, 5.41) is 12.3. The number of rotatable bonds is 5. The van der Waals surface area contributed by atoms with E-state index >= 15 is 0 Å². The number of hydrogen-bond acceptors (Lipinski definition) is 4. The minimum absolute atomic E-state index is 0.00881. The molecule has 18 heavy (non-hydrogen) atoms. The Labute approximate surface area is 110 Å². The fourth-order valence-corrected chi connectivity index (χ4v) is 2.62. The van der Waals surface area contributed by atoms with Crippen molar-refractivity contribution in [3.05, 3.63) is 29.3 Å². The Kier molecular flexibility index (Phi) is 4.28. The van der Waals surface area contributed by atoms with Gasteiger partial charge >= 0.3 is 0 Å². The number of aliphatic hydroxyl groups is 1. The van der Waals surface area contributed by atoms with E-state index in [9.17, 15) is 4.79 Å². The Morgan fingerprint density at radius 3 is 2.94 bits per heavy atom. The van der Waals surface area contributed by atoms with Crippen molar-refractivity contribution in [2.24, 2.45) is 0 Å². The Morgan fingerprint density at radius 1 is 1.50 bits per heavy atom. The third kappa shape index (κ3) is 2.86. The first-order chi connectivity index (χ1) is 8.74. The molecule has 2 aromatic rings. The first-order valence-electron chi connectivity index (χ1n) is 6.02. The van der Waals surface area contributed by atoms with Crippen molar-refractivity contribution in [1.29, 1.82) is 0 Å². The van der Waals surface area contributed by atoms with Crippen LogP contribution in [0.3, 0.4) is 0 Å². The number of hydrogen-bond donors (Lipinski definition) is 2. The fraction of sp³-hybridized carbons (Fsp3) is 0.385. The average Bonchev–Trinajstić information content (AvgIpc) is 2.82. The van der Waals surface area contributed by atoms with E-state index in [1.807, 2.05) is 31.2 Å². The molecule has 1 heterocycles. The molecular formula is C13H16N2O2S. The van der Waals surface area contributed by atoms with E-state index in [0.29, 0.717) is 11.4 Å². The van der Waals surface area contributed by atoms with E-state index in [1.54, 1.807) is 0 Å². The Balaban J connectivity index is 2.13. The van der Waals surface area contributed by atoms with E-state index in [4.69, 9.17) is 5.11 Å². The van der Waals surface area contributed by atoms with Crippen molar-refractivity contribution in [1.82, 2.24) is 10.3 Å². The molecule has 0 aliphatic rings. The van der Waals surface area contributed by atoms with Crippen molar-refractivity contribution < 1.29 is 9.90 Å². The number of aromatic nitrogens is 1. The zero-order valence-corrected chi connectivity index (χ0v) is 11.0. The number of carbonyl (C=O) groups is 1. The van der Waals surface area contributed by atoms with Gasteiger partial charge in [-0.25, -0.2) is 4.98 Å². The van der Waals surface area contributed by atoms with Gasteiger partial charge in [-0.05, 0) is 25.0 Å². The summed E-state index contributed by atoms with van der Waals surface area (Å²) in [5.41, 5.74) is 0.850. The minimum Gasteiger partial charge on any atom is -0.396 e.